The number of aromatic hydroxyl groups is 1. The number of phenols is 1. The van der Waals surface area contributed by atoms with Crippen molar-refractivity contribution in [3.05, 3.63) is 27.7 Å². The predicted octanol–water partition coefficient (Wildman–Crippen LogP) is 2.84. The zero-order valence-electron chi connectivity index (χ0n) is 10.6. The summed E-state index contributed by atoms with van der Waals surface area (Å²) in [5, 5.41) is 21.7. The lowest BCUT2D eigenvalue weighted by Crippen LogP contribution is -2.29. The Labute approximate surface area is 122 Å². The Balaban J connectivity index is 2.73. The van der Waals surface area contributed by atoms with Crippen LogP contribution in [0.4, 0.5) is 0 Å². The highest BCUT2D eigenvalue weighted by atomic mass is 35.5. The van der Waals surface area contributed by atoms with Gasteiger partial charge in [-0.25, -0.2) is 0 Å². The second kappa shape index (κ2) is 7.58. The van der Waals surface area contributed by atoms with Gasteiger partial charge in [-0.2, -0.15) is 0 Å². The van der Waals surface area contributed by atoms with E-state index in [1.807, 2.05) is 6.92 Å². The molecule has 0 aliphatic rings. The van der Waals surface area contributed by atoms with E-state index >= 15 is 0 Å². The summed E-state index contributed by atoms with van der Waals surface area (Å²) >= 11 is 11.6. The smallest absolute Gasteiger partial charge is 0.256 e. The van der Waals surface area contributed by atoms with Gasteiger partial charge in [0.15, 0.2) is 0 Å². The summed E-state index contributed by atoms with van der Waals surface area (Å²) in [4.78, 5) is 12.0. The molecule has 6 heteroatoms. The van der Waals surface area contributed by atoms with Gasteiger partial charge >= 0.3 is 0 Å². The van der Waals surface area contributed by atoms with Crippen molar-refractivity contribution in [1.82, 2.24) is 5.32 Å². The van der Waals surface area contributed by atoms with Gasteiger partial charge in [-0.05, 0) is 24.5 Å². The van der Waals surface area contributed by atoms with Crippen LogP contribution in [-0.2, 0) is 0 Å². The second-order valence-electron chi connectivity index (χ2n) is 4.28. The highest BCUT2D eigenvalue weighted by Gasteiger charge is 2.17. The van der Waals surface area contributed by atoms with Gasteiger partial charge in [-0.3, -0.25) is 4.79 Å². The van der Waals surface area contributed by atoms with E-state index in [0.717, 1.165) is 6.42 Å². The van der Waals surface area contributed by atoms with Gasteiger partial charge in [-0.15, -0.1) is 0 Å². The molecule has 0 aromatic heterocycles. The minimum absolute atomic E-state index is 0.0184. The van der Waals surface area contributed by atoms with Gasteiger partial charge in [0, 0.05) is 18.2 Å². The molecule has 0 bridgehead atoms. The molecule has 19 heavy (non-hydrogen) atoms. The molecule has 1 rings (SSSR count). The molecule has 0 radical (unpaired) electrons. The van der Waals surface area contributed by atoms with Gasteiger partial charge in [0.25, 0.3) is 5.91 Å². The predicted molar refractivity (Wildman–Crippen MR) is 75.9 cm³/mol. The maximum atomic E-state index is 12.0. The summed E-state index contributed by atoms with van der Waals surface area (Å²) < 4.78 is 0. The minimum atomic E-state index is -0.449. The first-order valence-electron chi connectivity index (χ1n) is 6.06. The largest absolute Gasteiger partial charge is 0.507 e. The summed E-state index contributed by atoms with van der Waals surface area (Å²) in [6, 6.07) is 2.68. The Morgan fingerprint density at radius 3 is 2.63 bits per heavy atom. The molecule has 0 saturated heterocycles. The van der Waals surface area contributed by atoms with Gasteiger partial charge in [0.1, 0.15) is 5.75 Å². The molecule has 106 valence electrons. The molecule has 1 amide bonds. The summed E-state index contributed by atoms with van der Waals surface area (Å²) in [6.07, 6.45) is 1.47. The van der Waals surface area contributed by atoms with Crippen LogP contribution in [0, 0.1) is 5.92 Å². The van der Waals surface area contributed by atoms with Crippen LogP contribution >= 0.6 is 23.2 Å². The molecular weight excluding hydrogens is 289 g/mol. The van der Waals surface area contributed by atoms with Crippen molar-refractivity contribution in [1.29, 1.82) is 0 Å². The van der Waals surface area contributed by atoms with E-state index in [2.05, 4.69) is 5.32 Å². The molecule has 0 saturated carbocycles. The molecule has 0 aliphatic carbocycles. The number of rotatable bonds is 6. The number of hydrogen-bond acceptors (Lipinski definition) is 3. The quantitative estimate of drug-likeness (QED) is 0.757. The molecule has 0 spiro atoms. The molecule has 1 atom stereocenters. The van der Waals surface area contributed by atoms with Crippen molar-refractivity contribution in [2.24, 2.45) is 5.92 Å². The number of carbonyl (C=O) groups excluding carboxylic acids is 1. The maximum Gasteiger partial charge on any atom is 0.256 e. The highest BCUT2D eigenvalue weighted by Crippen LogP contribution is 2.29. The first kappa shape index (κ1) is 16.1. The Bertz CT molecular complexity index is 429. The summed E-state index contributed by atoms with van der Waals surface area (Å²) in [7, 11) is 0. The molecule has 1 unspecified atom stereocenters. The maximum absolute atomic E-state index is 12.0. The zero-order chi connectivity index (χ0) is 14.4. The number of aliphatic hydroxyl groups excluding tert-OH is 1. The number of aliphatic hydroxyl groups is 1. The molecule has 4 nitrogen and oxygen atoms in total. The van der Waals surface area contributed by atoms with Gasteiger partial charge in [-0.1, -0.05) is 36.5 Å². The fraction of sp³-hybridized carbons (Fsp3) is 0.462. The van der Waals surface area contributed by atoms with Crippen LogP contribution in [0.1, 0.15) is 30.1 Å². The SMILES string of the molecule is CCC(CCO)CNC(=O)c1c(O)cc(Cl)cc1Cl. The number of hydrogen-bond donors (Lipinski definition) is 3. The molecule has 3 N–H and O–H groups in total. The number of amides is 1. The van der Waals surface area contributed by atoms with Crippen molar-refractivity contribution in [2.45, 2.75) is 19.8 Å². The monoisotopic (exact) mass is 305 g/mol. The Morgan fingerprint density at radius 2 is 2.11 bits per heavy atom. The normalized spacial score (nSPS) is 12.2. The van der Waals surface area contributed by atoms with Crippen LogP contribution in [0.15, 0.2) is 12.1 Å². The number of nitrogens with one attached hydrogen (secondary N) is 1. The molecular formula is C13H17Cl2NO3. The first-order chi connectivity index (χ1) is 8.99. The number of benzene rings is 1. The highest BCUT2D eigenvalue weighted by molar-refractivity contribution is 6.37. The number of phenolic OH excluding ortho intramolecular Hbond substituents is 1. The van der Waals surface area contributed by atoms with E-state index in [1.54, 1.807) is 0 Å². The summed E-state index contributed by atoms with van der Waals surface area (Å²) in [6.45, 7) is 2.49. The molecule has 0 fully saturated rings. The van der Waals surface area contributed by atoms with E-state index in [4.69, 9.17) is 28.3 Å². The van der Waals surface area contributed by atoms with Crippen LogP contribution < -0.4 is 5.32 Å². The topological polar surface area (TPSA) is 69.6 Å². The van der Waals surface area contributed by atoms with E-state index in [9.17, 15) is 9.90 Å². The van der Waals surface area contributed by atoms with Crippen LogP contribution in [-0.4, -0.2) is 29.3 Å². The van der Waals surface area contributed by atoms with Crippen molar-refractivity contribution in [2.75, 3.05) is 13.2 Å². The Kier molecular flexibility index (Phi) is 6.42. The van der Waals surface area contributed by atoms with Crippen molar-refractivity contribution in [3.8, 4) is 5.75 Å². The fourth-order valence-electron chi connectivity index (χ4n) is 1.74. The van der Waals surface area contributed by atoms with Crippen LogP contribution in [0.2, 0.25) is 10.0 Å². The fourth-order valence-corrected chi connectivity index (χ4v) is 2.31. The van der Waals surface area contributed by atoms with Crippen LogP contribution in [0.25, 0.3) is 0 Å². The van der Waals surface area contributed by atoms with Crippen molar-refractivity contribution >= 4 is 29.1 Å². The summed E-state index contributed by atoms with van der Waals surface area (Å²) in [5.74, 6) is -0.497. The van der Waals surface area contributed by atoms with E-state index < -0.39 is 5.91 Å². The Hall–Kier alpha value is -0.970. The third-order valence-corrected chi connectivity index (χ3v) is 3.44. The van der Waals surface area contributed by atoms with E-state index in [1.165, 1.54) is 12.1 Å². The number of carbonyl (C=O) groups is 1. The average molecular weight is 306 g/mol. The number of halogens is 2. The van der Waals surface area contributed by atoms with Gasteiger partial charge in [0.05, 0.1) is 10.6 Å². The average Bonchev–Trinajstić information content (AvgIpc) is 2.33. The third-order valence-electron chi connectivity index (χ3n) is 2.93. The first-order valence-corrected chi connectivity index (χ1v) is 6.82. The van der Waals surface area contributed by atoms with E-state index in [-0.39, 0.29) is 33.9 Å². The molecule has 0 heterocycles. The van der Waals surface area contributed by atoms with Gasteiger partial charge in [0.2, 0.25) is 0 Å². The standard InChI is InChI=1S/C13H17Cl2NO3/c1-2-8(3-4-17)7-16-13(19)12-10(15)5-9(14)6-11(12)18/h5-6,8,17-18H,2-4,7H2,1H3,(H,16,19). The second-order valence-corrected chi connectivity index (χ2v) is 5.12. The zero-order valence-corrected chi connectivity index (χ0v) is 12.1. The van der Waals surface area contributed by atoms with Gasteiger partial charge < -0.3 is 15.5 Å². The lowest BCUT2D eigenvalue weighted by atomic mass is 10.0. The molecule has 1 aromatic carbocycles. The van der Waals surface area contributed by atoms with Crippen molar-refractivity contribution in [3.63, 3.8) is 0 Å². The third kappa shape index (κ3) is 4.56. The van der Waals surface area contributed by atoms with Crippen LogP contribution in [0.5, 0.6) is 5.75 Å². The summed E-state index contributed by atoms with van der Waals surface area (Å²) in [5.41, 5.74) is 0.0184. The van der Waals surface area contributed by atoms with Crippen molar-refractivity contribution < 1.29 is 15.0 Å². The van der Waals surface area contributed by atoms with E-state index in [0.29, 0.717) is 13.0 Å². The van der Waals surface area contributed by atoms with Crippen LogP contribution in [0.3, 0.4) is 0 Å². The minimum Gasteiger partial charge on any atom is -0.507 e. The molecule has 1 aromatic rings. The lowest BCUT2D eigenvalue weighted by molar-refractivity contribution is 0.0941. The lowest BCUT2D eigenvalue weighted by Gasteiger charge is -2.15. The Morgan fingerprint density at radius 1 is 1.42 bits per heavy atom. The molecule has 0 aliphatic heterocycles.